The van der Waals surface area contributed by atoms with Gasteiger partial charge < -0.3 is 0 Å². The van der Waals surface area contributed by atoms with E-state index in [4.69, 9.17) is 5.26 Å². The van der Waals surface area contributed by atoms with Gasteiger partial charge in [-0.1, -0.05) is 39.3 Å². The fourth-order valence-electron chi connectivity index (χ4n) is 4.94. The van der Waals surface area contributed by atoms with Crippen molar-refractivity contribution >= 4 is 5.78 Å². The lowest BCUT2D eigenvalue weighted by Gasteiger charge is -2.54. The molecule has 0 radical (unpaired) electrons. The fourth-order valence-corrected chi connectivity index (χ4v) is 4.94. The molecule has 0 amide bonds. The molecule has 0 bridgehead atoms. The summed E-state index contributed by atoms with van der Waals surface area (Å²) in [6.45, 7) is 10.6. The van der Waals surface area contributed by atoms with Gasteiger partial charge in [0.2, 0.25) is 0 Å². The minimum absolute atomic E-state index is 0.0632. The van der Waals surface area contributed by atoms with E-state index in [1.54, 1.807) is 13.8 Å². The van der Waals surface area contributed by atoms with Crippen molar-refractivity contribution in [1.82, 2.24) is 0 Å². The topological polar surface area (TPSA) is 46.5 Å². The van der Waals surface area contributed by atoms with E-state index in [0.29, 0.717) is 12.3 Å². The van der Waals surface area contributed by atoms with Gasteiger partial charge in [0, 0.05) is 12.0 Å². The van der Waals surface area contributed by atoms with Crippen LogP contribution in [0.15, 0.2) is 18.2 Å². The van der Waals surface area contributed by atoms with Crippen molar-refractivity contribution < 1.29 is 14.9 Å². The predicted octanol–water partition coefficient (Wildman–Crippen LogP) is 5.08. The summed E-state index contributed by atoms with van der Waals surface area (Å²) in [5.74, 6) is 0.629. The summed E-state index contributed by atoms with van der Waals surface area (Å²) in [7, 11) is 0. The Hall–Kier alpha value is -1.19. The number of Topliss-reactive ketones (excluding diaryl/α,β-unsaturated/α-hetero) is 1. The van der Waals surface area contributed by atoms with Crippen molar-refractivity contribution in [2.45, 2.75) is 71.3 Å². The monoisotopic (exact) mass is 316 g/mol. The molecule has 0 saturated heterocycles. The highest BCUT2D eigenvalue weighted by Gasteiger charge is 2.51. The maximum Gasteiger partial charge on any atom is 0.163 e. The van der Waals surface area contributed by atoms with Crippen molar-refractivity contribution in [2.24, 2.45) is 11.3 Å². The molecule has 1 aromatic rings. The van der Waals surface area contributed by atoms with Crippen molar-refractivity contribution in [3.8, 4) is 0 Å². The van der Waals surface area contributed by atoms with E-state index in [1.165, 1.54) is 18.4 Å². The summed E-state index contributed by atoms with van der Waals surface area (Å²) in [4.78, 5) is 17.4. The van der Waals surface area contributed by atoms with Gasteiger partial charge >= 0.3 is 0 Å². The summed E-state index contributed by atoms with van der Waals surface area (Å²) in [5, 5.41) is 9.14. The Morgan fingerprint density at radius 3 is 2.57 bits per heavy atom. The highest BCUT2D eigenvalue weighted by molar-refractivity contribution is 5.99. The van der Waals surface area contributed by atoms with E-state index < -0.39 is 5.60 Å². The van der Waals surface area contributed by atoms with Crippen molar-refractivity contribution in [2.75, 3.05) is 0 Å². The van der Waals surface area contributed by atoms with Crippen molar-refractivity contribution in [3.63, 3.8) is 0 Å². The first kappa shape index (κ1) is 16.7. The van der Waals surface area contributed by atoms with Gasteiger partial charge in [-0.2, -0.15) is 0 Å². The lowest BCUT2D eigenvalue weighted by atomic mass is 9.50. The van der Waals surface area contributed by atoms with E-state index >= 15 is 0 Å². The molecule has 2 aliphatic carbocycles. The molecule has 126 valence electrons. The van der Waals surface area contributed by atoms with E-state index in [2.05, 4.69) is 31.7 Å². The van der Waals surface area contributed by atoms with Crippen LogP contribution in [0.3, 0.4) is 0 Å². The number of benzene rings is 1. The van der Waals surface area contributed by atoms with Gasteiger partial charge in [-0.25, -0.2) is 4.89 Å². The van der Waals surface area contributed by atoms with Crippen molar-refractivity contribution in [3.05, 3.63) is 34.9 Å². The van der Waals surface area contributed by atoms with Gasteiger partial charge in [0.05, 0.1) is 0 Å². The number of ketones is 1. The lowest BCUT2D eigenvalue weighted by Crippen LogP contribution is -2.49. The highest BCUT2D eigenvalue weighted by Crippen LogP contribution is 2.57. The van der Waals surface area contributed by atoms with Crippen LogP contribution in [0, 0.1) is 11.3 Å². The molecular weight excluding hydrogens is 288 g/mol. The van der Waals surface area contributed by atoms with Crippen LogP contribution in [0.2, 0.25) is 0 Å². The third-order valence-corrected chi connectivity index (χ3v) is 6.48. The quantitative estimate of drug-likeness (QED) is 0.611. The van der Waals surface area contributed by atoms with E-state index in [1.807, 2.05) is 12.1 Å². The average molecular weight is 316 g/mol. The van der Waals surface area contributed by atoms with Gasteiger partial charge in [-0.3, -0.25) is 10.1 Å². The van der Waals surface area contributed by atoms with Crippen LogP contribution >= 0.6 is 0 Å². The summed E-state index contributed by atoms with van der Waals surface area (Å²) < 4.78 is 0. The Labute approximate surface area is 139 Å². The van der Waals surface area contributed by atoms with Crippen LogP contribution in [0.1, 0.15) is 81.8 Å². The number of hydrogen-bond donors (Lipinski definition) is 1. The molecule has 0 unspecified atom stereocenters. The van der Waals surface area contributed by atoms with Crippen LogP contribution in [0.5, 0.6) is 0 Å². The molecule has 2 aliphatic rings. The third-order valence-electron chi connectivity index (χ3n) is 6.48. The molecule has 1 N–H and O–H groups in total. The fraction of sp³-hybridized carbons (Fsp3) is 0.650. The smallest absolute Gasteiger partial charge is 0.163 e. The molecule has 3 nitrogen and oxygen atoms in total. The predicted molar refractivity (Wildman–Crippen MR) is 90.6 cm³/mol. The molecule has 3 rings (SSSR count). The summed E-state index contributed by atoms with van der Waals surface area (Å²) in [6.07, 6.45) is 4.17. The number of rotatable bonds is 2. The SMILES string of the molecule is CC(C)(OO)c1ccc2c(c1)C(=O)C[C@H]1C(C)(C)CCC[C@]21C. The number of carbonyl (C=O) groups excluding carboxylic acids is 1. The van der Waals surface area contributed by atoms with Crippen LogP contribution in [0.25, 0.3) is 0 Å². The molecule has 23 heavy (non-hydrogen) atoms. The molecule has 0 aromatic heterocycles. The summed E-state index contributed by atoms with van der Waals surface area (Å²) in [5.41, 5.74) is 2.30. The number of hydrogen-bond acceptors (Lipinski definition) is 3. The molecule has 1 fully saturated rings. The number of carbonyl (C=O) groups is 1. The Morgan fingerprint density at radius 2 is 1.91 bits per heavy atom. The Morgan fingerprint density at radius 1 is 1.22 bits per heavy atom. The Kier molecular flexibility index (Phi) is 3.73. The zero-order chi connectivity index (χ0) is 17.0. The van der Waals surface area contributed by atoms with Gasteiger partial charge in [0.1, 0.15) is 5.60 Å². The van der Waals surface area contributed by atoms with Crippen LogP contribution in [0.4, 0.5) is 0 Å². The second-order valence-electron chi connectivity index (χ2n) is 8.80. The third kappa shape index (κ3) is 2.45. The number of fused-ring (bicyclic) bond motifs is 3. The van der Waals surface area contributed by atoms with Gasteiger partial charge in [0.15, 0.2) is 5.78 Å². The largest absolute Gasteiger partial charge is 0.294 e. The molecule has 1 aromatic carbocycles. The zero-order valence-electron chi connectivity index (χ0n) is 14.9. The van der Waals surface area contributed by atoms with Crippen LogP contribution in [-0.4, -0.2) is 11.0 Å². The van der Waals surface area contributed by atoms with E-state index in [9.17, 15) is 4.79 Å². The van der Waals surface area contributed by atoms with E-state index in [0.717, 1.165) is 17.5 Å². The minimum Gasteiger partial charge on any atom is -0.294 e. The first-order valence-electron chi connectivity index (χ1n) is 8.63. The maximum atomic E-state index is 12.8. The van der Waals surface area contributed by atoms with Gasteiger partial charge in [0.25, 0.3) is 0 Å². The second-order valence-corrected chi connectivity index (χ2v) is 8.80. The minimum atomic E-state index is -0.807. The summed E-state index contributed by atoms with van der Waals surface area (Å²) in [6, 6.07) is 6.02. The average Bonchev–Trinajstić information content (AvgIpc) is 2.49. The van der Waals surface area contributed by atoms with Crippen LogP contribution in [-0.2, 0) is 15.9 Å². The molecule has 0 aliphatic heterocycles. The highest BCUT2D eigenvalue weighted by atomic mass is 17.1. The first-order chi connectivity index (χ1) is 10.6. The van der Waals surface area contributed by atoms with Gasteiger partial charge in [-0.05, 0) is 60.6 Å². The molecule has 1 saturated carbocycles. The Bertz CT molecular complexity index is 644. The summed E-state index contributed by atoms with van der Waals surface area (Å²) >= 11 is 0. The molecular formula is C20H28O3. The molecule has 3 heteroatoms. The van der Waals surface area contributed by atoms with Crippen molar-refractivity contribution in [1.29, 1.82) is 0 Å². The second kappa shape index (κ2) is 5.15. The Balaban J connectivity index is 2.13. The molecule has 0 heterocycles. The lowest BCUT2D eigenvalue weighted by molar-refractivity contribution is -0.318. The first-order valence-corrected chi connectivity index (χ1v) is 8.63. The standard InChI is InChI=1S/C20H28O3/c1-18(2)9-6-10-20(5)15-8-7-13(19(3,4)23-22)11-14(15)16(21)12-17(18)20/h7-8,11,17,22H,6,9-10,12H2,1-5H3/t17-,20+/m0/s1. The molecule has 2 atom stereocenters. The maximum absolute atomic E-state index is 12.8. The van der Waals surface area contributed by atoms with Crippen LogP contribution < -0.4 is 0 Å². The van der Waals surface area contributed by atoms with Gasteiger partial charge in [-0.15, -0.1) is 0 Å². The zero-order valence-corrected chi connectivity index (χ0v) is 14.9. The van der Waals surface area contributed by atoms with E-state index in [-0.39, 0.29) is 16.6 Å². The molecule has 0 spiro atoms. The normalized spacial score (nSPS) is 29.8.